The molecule has 2 aromatic heterocycles. The van der Waals surface area contributed by atoms with E-state index in [2.05, 4.69) is 20.4 Å². The summed E-state index contributed by atoms with van der Waals surface area (Å²) in [5.41, 5.74) is 1.96. The maximum absolute atomic E-state index is 13.4. The van der Waals surface area contributed by atoms with E-state index in [1.807, 2.05) is 12.1 Å². The molecule has 1 aromatic carbocycles. The van der Waals surface area contributed by atoms with Crippen molar-refractivity contribution in [2.45, 2.75) is 44.4 Å². The first-order valence-corrected chi connectivity index (χ1v) is 12.5. The fourth-order valence-corrected chi connectivity index (χ4v) is 4.67. The second-order valence-electron chi connectivity index (χ2n) is 9.35. The van der Waals surface area contributed by atoms with Crippen molar-refractivity contribution in [1.29, 1.82) is 0 Å². The molecule has 11 nitrogen and oxygen atoms in total. The number of fused-ring (bicyclic) bond motifs is 2. The highest BCUT2D eigenvalue weighted by Gasteiger charge is 2.50. The van der Waals surface area contributed by atoms with E-state index >= 15 is 0 Å². The van der Waals surface area contributed by atoms with E-state index in [9.17, 15) is 27.9 Å². The van der Waals surface area contributed by atoms with E-state index in [-0.39, 0.29) is 24.0 Å². The van der Waals surface area contributed by atoms with E-state index in [1.54, 1.807) is 0 Å². The Kier molecular flexibility index (Phi) is 7.87. The standard InChI is InChI=1S/C26H25F3N4O7/c27-26(28,29)23(34)22(25(35)36)17(14-5-7-18-19(10-14)39-13-38-18)11-21-32-20(33-40-21)3-1-2-16-6-4-15-12-37-9-8-30-24(15)31-16/h4-7,10,17,22H,1-3,8-9,11-13H2,(H,30,31)(H,35,36). The van der Waals surface area contributed by atoms with E-state index in [1.165, 1.54) is 18.2 Å². The average molecular weight is 563 g/mol. The summed E-state index contributed by atoms with van der Waals surface area (Å²) in [5, 5.41) is 16.8. The molecule has 2 aliphatic rings. The molecule has 40 heavy (non-hydrogen) atoms. The predicted molar refractivity (Wildman–Crippen MR) is 130 cm³/mol. The second-order valence-corrected chi connectivity index (χ2v) is 9.35. The molecule has 5 rings (SSSR count). The molecular formula is C26H25F3N4O7. The summed E-state index contributed by atoms with van der Waals surface area (Å²) in [6, 6.07) is 8.07. The number of ether oxygens (including phenoxy) is 3. The molecule has 0 aliphatic carbocycles. The Morgan fingerprint density at radius 2 is 1.90 bits per heavy atom. The molecule has 0 amide bonds. The number of aryl methyl sites for hydroxylation is 2. The van der Waals surface area contributed by atoms with E-state index in [4.69, 9.17) is 18.7 Å². The Morgan fingerprint density at radius 1 is 1.07 bits per heavy atom. The number of carbonyl (C=O) groups is 2. The number of nitrogens with one attached hydrogen (secondary N) is 1. The number of hydrogen-bond donors (Lipinski definition) is 2. The van der Waals surface area contributed by atoms with Crippen LogP contribution in [0.1, 0.15) is 40.9 Å². The van der Waals surface area contributed by atoms with Gasteiger partial charge in [0.15, 0.2) is 17.3 Å². The molecule has 2 N–H and O–H groups in total. The summed E-state index contributed by atoms with van der Waals surface area (Å²) in [7, 11) is 0. The maximum atomic E-state index is 13.4. The SMILES string of the molecule is O=C(O)C(C(=O)C(F)(F)F)C(Cc1nc(CCCc2ccc3c(n2)NCCOC3)no1)c1ccc2c(c1)OCO2. The number of benzene rings is 1. The van der Waals surface area contributed by atoms with Crippen LogP contribution in [0.3, 0.4) is 0 Å². The Bertz CT molecular complexity index is 1390. The van der Waals surface area contributed by atoms with Crippen LogP contribution in [0.25, 0.3) is 0 Å². The molecule has 2 unspecified atom stereocenters. The molecule has 0 radical (unpaired) electrons. The Hall–Kier alpha value is -4.20. The number of ketones is 1. The fourth-order valence-electron chi connectivity index (χ4n) is 4.67. The molecule has 14 heteroatoms. The second kappa shape index (κ2) is 11.5. The van der Waals surface area contributed by atoms with Crippen LogP contribution in [0.2, 0.25) is 0 Å². The summed E-state index contributed by atoms with van der Waals surface area (Å²) in [4.78, 5) is 33.0. The number of Topliss-reactive ketones (excluding diaryl/α,β-unsaturated/α-hetero) is 1. The van der Waals surface area contributed by atoms with Crippen molar-refractivity contribution in [2.75, 3.05) is 25.3 Å². The van der Waals surface area contributed by atoms with Crippen molar-refractivity contribution in [2.24, 2.45) is 5.92 Å². The van der Waals surface area contributed by atoms with Crippen LogP contribution in [-0.2, 0) is 40.2 Å². The highest BCUT2D eigenvalue weighted by atomic mass is 19.4. The van der Waals surface area contributed by atoms with Gasteiger partial charge in [0.05, 0.1) is 13.2 Å². The van der Waals surface area contributed by atoms with E-state index < -0.39 is 36.2 Å². The topological polar surface area (TPSA) is 146 Å². The van der Waals surface area contributed by atoms with Gasteiger partial charge in [0.25, 0.3) is 5.78 Å². The van der Waals surface area contributed by atoms with Gasteiger partial charge in [-0.05, 0) is 36.6 Å². The normalized spacial score (nSPS) is 16.0. The minimum Gasteiger partial charge on any atom is -0.481 e. The third-order valence-corrected chi connectivity index (χ3v) is 6.63. The van der Waals surface area contributed by atoms with Crippen LogP contribution in [-0.4, -0.2) is 58.1 Å². The number of alkyl halides is 3. The smallest absolute Gasteiger partial charge is 0.450 e. The summed E-state index contributed by atoms with van der Waals surface area (Å²) in [5.74, 6) is -6.62. The molecule has 0 fully saturated rings. The molecule has 3 aromatic rings. The Balaban J connectivity index is 1.30. The molecule has 0 saturated heterocycles. The van der Waals surface area contributed by atoms with E-state index in [0.717, 1.165) is 17.1 Å². The van der Waals surface area contributed by atoms with Crippen LogP contribution in [0, 0.1) is 5.92 Å². The van der Waals surface area contributed by atoms with Crippen LogP contribution in [0.15, 0.2) is 34.9 Å². The zero-order valence-corrected chi connectivity index (χ0v) is 21.1. The van der Waals surface area contributed by atoms with Gasteiger partial charge >= 0.3 is 12.1 Å². The molecule has 0 saturated carbocycles. The zero-order chi connectivity index (χ0) is 28.3. The number of halogens is 3. The van der Waals surface area contributed by atoms with Crippen LogP contribution in [0.5, 0.6) is 11.5 Å². The summed E-state index contributed by atoms with van der Waals surface area (Å²) < 4.78 is 61.4. The number of carbonyl (C=O) groups excluding carboxylic acids is 1. The van der Waals surface area contributed by atoms with Gasteiger partial charge in [-0.1, -0.05) is 17.3 Å². The first kappa shape index (κ1) is 27.4. The first-order valence-electron chi connectivity index (χ1n) is 12.5. The van der Waals surface area contributed by atoms with Gasteiger partial charge in [0.1, 0.15) is 11.7 Å². The highest BCUT2D eigenvalue weighted by molar-refractivity contribution is 6.02. The van der Waals surface area contributed by atoms with Gasteiger partial charge in [-0.15, -0.1) is 0 Å². The van der Waals surface area contributed by atoms with Crippen molar-refractivity contribution < 1.29 is 46.6 Å². The first-order chi connectivity index (χ1) is 19.2. The number of anilines is 1. The van der Waals surface area contributed by atoms with E-state index in [0.29, 0.717) is 50.6 Å². The number of carboxylic acid groups (broad SMARTS) is 1. The summed E-state index contributed by atoms with van der Waals surface area (Å²) in [6.07, 6.45) is -4.16. The quantitative estimate of drug-likeness (QED) is 0.350. The number of pyridine rings is 1. The Morgan fingerprint density at radius 3 is 2.70 bits per heavy atom. The number of nitrogens with zero attached hydrogens (tertiary/aromatic N) is 3. The fraction of sp³-hybridized carbons (Fsp3) is 0.423. The largest absolute Gasteiger partial charge is 0.481 e. The summed E-state index contributed by atoms with van der Waals surface area (Å²) in [6.45, 7) is 1.66. The van der Waals surface area contributed by atoms with Crippen molar-refractivity contribution in [3.63, 3.8) is 0 Å². The Labute approximate surface area is 225 Å². The van der Waals surface area contributed by atoms with Crippen molar-refractivity contribution in [3.05, 3.63) is 58.9 Å². The van der Waals surface area contributed by atoms with Gasteiger partial charge in [0, 0.05) is 36.6 Å². The summed E-state index contributed by atoms with van der Waals surface area (Å²) >= 11 is 0. The lowest BCUT2D eigenvalue weighted by Crippen LogP contribution is -2.39. The number of hydrogen-bond acceptors (Lipinski definition) is 10. The molecule has 0 spiro atoms. The lowest BCUT2D eigenvalue weighted by molar-refractivity contribution is -0.180. The number of aromatic nitrogens is 3. The van der Waals surface area contributed by atoms with Crippen LogP contribution in [0.4, 0.5) is 19.0 Å². The predicted octanol–water partition coefficient (Wildman–Crippen LogP) is 3.47. The molecule has 4 heterocycles. The molecule has 212 valence electrons. The minimum absolute atomic E-state index is 0.0911. The van der Waals surface area contributed by atoms with Gasteiger partial charge in [0.2, 0.25) is 12.7 Å². The third-order valence-electron chi connectivity index (χ3n) is 6.63. The van der Waals surface area contributed by atoms with Gasteiger partial charge in [-0.3, -0.25) is 9.59 Å². The van der Waals surface area contributed by atoms with Gasteiger partial charge in [-0.25, -0.2) is 4.98 Å². The van der Waals surface area contributed by atoms with Gasteiger partial charge < -0.3 is 29.2 Å². The van der Waals surface area contributed by atoms with Gasteiger partial charge in [-0.2, -0.15) is 18.2 Å². The van der Waals surface area contributed by atoms with Crippen molar-refractivity contribution in [3.8, 4) is 11.5 Å². The minimum atomic E-state index is -5.36. The van der Waals surface area contributed by atoms with Crippen molar-refractivity contribution in [1.82, 2.24) is 15.1 Å². The molecule has 2 aliphatic heterocycles. The molecular weight excluding hydrogens is 537 g/mol. The lowest BCUT2D eigenvalue weighted by atomic mass is 9.80. The average Bonchev–Trinajstić information content (AvgIpc) is 3.50. The lowest BCUT2D eigenvalue weighted by Gasteiger charge is -2.23. The van der Waals surface area contributed by atoms with Crippen LogP contribution >= 0.6 is 0 Å². The highest BCUT2D eigenvalue weighted by Crippen LogP contribution is 2.39. The monoisotopic (exact) mass is 562 g/mol. The third kappa shape index (κ3) is 6.17. The maximum Gasteiger partial charge on any atom is 0.450 e. The molecule has 2 atom stereocenters. The number of aliphatic carboxylic acids is 1. The molecule has 0 bridgehead atoms. The number of carboxylic acids is 1. The zero-order valence-electron chi connectivity index (χ0n) is 21.1. The van der Waals surface area contributed by atoms with Crippen LogP contribution < -0.4 is 14.8 Å². The van der Waals surface area contributed by atoms with Crippen molar-refractivity contribution >= 4 is 17.6 Å². The number of rotatable bonds is 10.